The molecule has 0 aliphatic heterocycles. The van der Waals surface area contributed by atoms with Crippen LogP contribution < -0.4 is 10.9 Å². The smallest absolute Gasteiger partial charge is 0.411 e. The van der Waals surface area contributed by atoms with Gasteiger partial charge in [-0.25, -0.2) is 9.89 Å². The van der Waals surface area contributed by atoms with E-state index in [0.717, 1.165) is 5.56 Å². The van der Waals surface area contributed by atoms with Gasteiger partial charge < -0.3 is 4.74 Å². The van der Waals surface area contributed by atoms with Crippen LogP contribution in [0.1, 0.15) is 0 Å². The normalized spacial score (nSPS) is 9.80. The molecule has 2 aromatic rings. The lowest BCUT2D eigenvalue weighted by atomic mass is 10.1. The van der Waals surface area contributed by atoms with Crippen molar-refractivity contribution in [1.29, 1.82) is 0 Å². The maximum atomic E-state index is 11.4. The van der Waals surface area contributed by atoms with Gasteiger partial charge in [-0.3, -0.25) is 10.1 Å². The van der Waals surface area contributed by atoms with E-state index in [0.29, 0.717) is 11.4 Å². The lowest BCUT2D eigenvalue weighted by Gasteiger charge is -2.07. The highest BCUT2D eigenvalue weighted by Gasteiger charge is 2.04. The SMILES string of the molecule is C=CCOC(=O)Nc1cccc(-c2ccc(=O)[nH]n2)c1. The molecule has 0 unspecified atom stereocenters. The fourth-order valence-corrected chi connectivity index (χ4v) is 1.55. The Morgan fingerprint density at radius 3 is 2.95 bits per heavy atom. The summed E-state index contributed by atoms with van der Waals surface area (Å²) >= 11 is 0. The number of nitrogens with one attached hydrogen (secondary N) is 2. The monoisotopic (exact) mass is 271 g/mol. The van der Waals surface area contributed by atoms with E-state index in [1.54, 1.807) is 24.3 Å². The Hall–Kier alpha value is -2.89. The van der Waals surface area contributed by atoms with E-state index < -0.39 is 6.09 Å². The molecule has 20 heavy (non-hydrogen) atoms. The Morgan fingerprint density at radius 1 is 1.40 bits per heavy atom. The van der Waals surface area contributed by atoms with Gasteiger partial charge in [-0.15, -0.1) is 0 Å². The number of rotatable bonds is 4. The zero-order valence-electron chi connectivity index (χ0n) is 10.6. The number of aromatic nitrogens is 2. The number of hydrogen-bond donors (Lipinski definition) is 2. The molecule has 0 atom stereocenters. The van der Waals surface area contributed by atoms with E-state index in [-0.39, 0.29) is 12.2 Å². The summed E-state index contributed by atoms with van der Waals surface area (Å²) in [6.45, 7) is 3.60. The van der Waals surface area contributed by atoms with Crippen molar-refractivity contribution in [3.05, 3.63) is 59.4 Å². The topological polar surface area (TPSA) is 84.1 Å². The van der Waals surface area contributed by atoms with Crippen molar-refractivity contribution in [2.45, 2.75) is 0 Å². The Kier molecular flexibility index (Phi) is 4.28. The molecule has 2 rings (SSSR count). The minimum Gasteiger partial charge on any atom is -0.445 e. The molecular weight excluding hydrogens is 258 g/mol. The molecule has 2 N–H and O–H groups in total. The van der Waals surface area contributed by atoms with Gasteiger partial charge in [-0.2, -0.15) is 5.10 Å². The summed E-state index contributed by atoms with van der Waals surface area (Å²) in [6.07, 6.45) is 0.928. The van der Waals surface area contributed by atoms with E-state index in [4.69, 9.17) is 4.74 Å². The molecule has 0 bridgehead atoms. The third-order valence-corrected chi connectivity index (χ3v) is 2.42. The number of hydrogen-bond acceptors (Lipinski definition) is 4. The molecular formula is C14H13N3O3. The third kappa shape index (κ3) is 3.55. The number of ether oxygens (including phenoxy) is 1. The minimum atomic E-state index is -0.559. The van der Waals surface area contributed by atoms with Crippen LogP contribution in [-0.4, -0.2) is 22.9 Å². The summed E-state index contributed by atoms with van der Waals surface area (Å²) in [5, 5.41) is 8.87. The number of amides is 1. The largest absolute Gasteiger partial charge is 0.445 e. The fraction of sp³-hybridized carbons (Fsp3) is 0.0714. The van der Waals surface area contributed by atoms with Crippen molar-refractivity contribution in [3.8, 4) is 11.3 Å². The Balaban J connectivity index is 2.15. The van der Waals surface area contributed by atoms with Crippen LogP contribution in [0.4, 0.5) is 10.5 Å². The first kappa shape index (κ1) is 13.5. The number of nitrogens with zero attached hydrogens (tertiary/aromatic N) is 1. The van der Waals surface area contributed by atoms with E-state index in [9.17, 15) is 9.59 Å². The summed E-state index contributed by atoms with van der Waals surface area (Å²) in [5.74, 6) is 0. The highest BCUT2D eigenvalue weighted by atomic mass is 16.5. The molecule has 1 aromatic heterocycles. The van der Waals surface area contributed by atoms with Crippen molar-refractivity contribution >= 4 is 11.8 Å². The molecule has 102 valence electrons. The van der Waals surface area contributed by atoms with Crippen LogP contribution in [0.5, 0.6) is 0 Å². The molecule has 0 aliphatic carbocycles. The highest BCUT2D eigenvalue weighted by Crippen LogP contribution is 2.19. The summed E-state index contributed by atoms with van der Waals surface area (Å²) in [7, 11) is 0. The molecule has 1 heterocycles. The van der Waals surface area contributed by atoms with Gasteiger partial charge in [0.15, 0.2) is 0 Å². The number of H-pyrrole nitrogens is 1. The third-order valence-electron chi connectivity index (χ3n) is 2.42. The lowest BCUT2D eigenvalue weighted by molar-refractivity contribution is 0.174. The molecule has 0 radical (unpaired) electrons. The van der Waals surface area contributed by atoms with Crippen LogP contribution in [0.15, 0.2) is 53.8 Å². The Labute approximate surface area is 115 Å². The predicted octanol–water partition coefficient (Wildman–Crippen LogP) is 2.17. The van der Waals surface area contributed by atoms with Crippen molar-refractivity contribution in [3.63, 3.8) is 0 Å². The summed E-state index contributed by atoms with van der Waals surface area (Å²) < 4.78 is 4.83. The van der Waals surface area contributed by atoms with E-state index in [1.165, 1.54) is 12.1 Å². The van der Waals surface area contributed by atoms with E-state index in [2.05, 4.69) is 22.1 Å². The van der Waals surface area contributed by atoms with Crippen molar-refractivity contribution < 1.29 is 9.53 Å². The van der Waals surface area contributed by atoms with Crippen LogP contribution in [-0.2, 0) is 4.74 Å². The molecule has 6 heteroatoms. The van der Waals surface area contributed by atoms with Crippen molar-refractivity contribution in [2.75, 3.05) is 11.9 Å². The summed E-state index contributed by atoms with van der Waals surface area (Å²) in [5.41, 5.74) is 1.68. The zero-order chi connectivity index (χ0) is 14.4. The van der Waals surface area contributed by atoms with Crippen LogP contribution in [0, 0.1) is 0 Å². The summed E-state index contributed by atoms with van der Waals surface area (Å²) in [6, 6.07) is 10.0. The van der Waals surface area contributed by atoms with E-state index >= 15 is 0 Å². The van der Waals surface area contributed by atoms with Crippen LogP contribution in [0.2, 0.25) is 0 Å². The van der Waals surface area contributed by atoms with Crippen molar-refractivity contribution in [1.82, 2.24) is 10.2 Å². The number of carbonyl (C=O) groups is 1. The zero-order valence-corrected chi connectivity index (χ0v) is 10.6. The Morgan fingerprint density at radius 2 is 2.25 bits per heavy atom. The maximum Gasteiger partial charge on any atom is 0.411 e. The highest BCUT2D eigenvalue weighted by molar-refractivity contribution is 5.85. The quantitative estimate of drug-likeness (QED) is 0.835. The number of anilines is 1. The standard InChI is InChI=1S/C14H13N3O3/c1-2-8-20-14(19)15-11-5-3-4-10(9-11)12-6-7-13(18)17-16-12/h2-7,9H,1,8H2,(H,15,19)(H,17,18). The molecule has 0 saturated heterocycles. The van der Waals surface area contributed by atoms with Gasteiger partial charge in [0.25, 0.3) is 5.56 Å². The van der Waals surface area contributed by atoms with Gasteiger partial charge in [-0.1, -0.05) is 24.8 Å². The molecule has 1 aromatic carbocycles. The number of carbonyl (C=O) groups excluding carboxylic acids is 1. The van der Waals surface area contributed by atoms with Crippen LogP contribution in [0.3, 0.4) is 0 Å². The first-order valence-electron chi connectivity index (χ1n) is 5.90. The molecule has 0 spiro atoms. The van der Waals surface area contributed by atoms with Crippen molar-refractivity contribution in [2.24, 2.45) is 0 Å². The maximum absolute atomic E-state index is 11.4. The summed E-state index contributed by atoms with van der Waals surface area (Å²) in [4.78, 5) is 22.4. The molecule has 1 amide bonds. The Bertz CT molecular complexity index is 659. The average molecular weight is 271 g/mol. The second-order valence-corrected chi connectivity index (χ2v) is 3.90. The number of benzene rings is 1. The molecule has 0 aliphatic rings. The predicted molar refractivity (Wildman–Crippen MR) is 75.5 cm³/mol. The van der Waals surface area contributed by atoms with Gasteiger partial charge in [0, 0.05) is 17.3 Å². The first-order chi connectivity index (χ1) is 9.69. The average Bonchev–Trinajstić information content (AvgIpc) is 2.46. The van der Waals surface area contributed by atoms with E-state index in [1.807, 2.05) is 6.07 Å². The number of aromatic amines is 1. The molecule has 6 nitrogen and oxygen atoms in total. The second-order valence-electron chi connectivity index (χ2n) is 3.90. The first-order valence-corrected chi connectivity index (χ1v) is 5.90. The minimum absolute atomic E-state index is 0.146. The van der Waals surface area contributed by atoms with Crippen LogP contribution >= 0.6 is 0 Å². The van der Waals surface area contributed by atoms with Gasteiger partial charge in [0.2, 0.25) is 0 Å². The van der Waals surface area contributed by atoms with Gasteiger partial charge in [0.05, 0.1) is 5.69 Å². The second kappa shape index (κ2) is 6.33. The molecule has 0 fully saturated rings. The van der Waals surface area contributed by atoms with Gasteiger partial charge in [0.1, 0.15) is 6.61 Å². The van der Waals surface area contributed by atoms with Gasteiger partial charge >= 0.3 is 6.09 Å². The van der Waals surface area contributed by atoms with Gasteiger partial charge in [-0.05, 0) is 18.2 Å². The lowest BCUT2D eigenvalue weighted by Crippen LogP contribution is -2.13. The molecule has 0 saturated carbocycles. The fourth-order valence-electron chi connectivity index (χ4n) is 1.55. The van der Waals surface area contributed by atoms with Crippen LogP contribution in [0.25, 0.3) is 11.3 Å².